The molecule has 8 heteroatoms. The minimum absolute atomic E-state index is 0.237. The lowest BCUT2D eigenvalue weighted by Crippen LogP contribution is -2.39. The van der Waals surface area contributed by atoms with Crippen molar-refractivity contribution in [2.24, 2.45) is 0 Å². The summed E-state index contributed by atoms with van der Waals surface area (Å²) in [5, 5.41) is 14.4. The summed E-state index contributed by atoms with van der Waals surface area (Å²) in [4.78, 5) is 7.06. The average Bonchev–Trinajstić information content (AvgIpc) is 2.83. The molecule has 3 aromatic rings. The van der Waals surface area contributed by atoms with Gasteiger partial charge in [0.1, 0.15) is 11.6 Å². The molecule has 1 aliphatic heterocycles. The van der Waals surface area contributed by atoms with Crippen molar-refractivity contribution in [2.75, 3.05) is 39.3 Å². The van der Waals surface area contributed by atoms with Gasteiger partial charge in [-0.1, -0.05) is 18.2 Å². The van der Waals surface area contributed by atoms with E-state index < -0.39 is 6.10 Å². The van der Waals surface area contributed by atoms with Gasteiger partial charge in [-0.2, -0.15) is 0 Å². The lowest BCUT2D eigenvalue weighted by Gasteiger charge is -2.32. The summed E-state index contributed by atoms with van der Waals surface area (Å²) in [7, 11) is 4.73. The number of halogens is 1. The van der Waals surface area contributed by atoms with Crippen LogP contribution in [-0.2, 0) is 13.1 Å². The number of nitrogens with one attached hydrogen (secondary N) is 1. The van der Waals surface area contributed by atoms with E-state index >= 15 is 0 Å². The van der Waals surface area contributed by atoms with Crippen molar-refractivity contribution in [1.82, 2.24) is 10.3 Å². The first kappa shape index (κ1) is 23.1. The molecule has 1 fully saturated rings. The predicted octanol–water partition coefficient (Wildman–Crippen LogP) is 3.65. The molecule has 2 N–H and O–H groups in total. The quantitative estimate of drug-likeness (QED) is 0.537. The summed E-state index contributed by atoms with van der Waals surface area (Å²) in [5.74, 6) is 2.13. The first-order chi connectivity index (χ1) is 16.0. The van der Waals surface area contributed by atoms with Crippen LogP contribution in [0.15, 0.2) is 36.4 Å². The Labute approximate surface area is 193 Å². The van der Waals surface area contributed by atoms with Crippen molar-refractivity contribution in [3.8, 4) is 17.2 Å². The van der Waals surface area contributed by atoms with Gasteiger partial charge in [-0.05, 0) is 25.0 Å². The van der Waals surface area contributed by atoms with Gasteiger partial charge in [0.2, 0.25) is 5.75 Å². The largest absolute Gasteiger partial charge is 0.493 e. The van der Waals surface area contributed by atoms with Gasteiger partial charge in [-0.25, -0.2) is 9.37 Å². The van der Waals surface area contributed by atoms with Crippen molar-refractivity contribution in [2.45, 2.75) is 32.0 Å². The fourth-order valence-electron chi connectivity index (χ4n) is 4.35. The van der Waals surface area contributed by atoms with E-state index in [4.69, 9.17) is 19.2 Å². The number of aliphatic hydroxyl groups is 1. The van der Waals surface area contributed by atoms with Crippen LogP contribution in [0.2, 0.25) is 0 Å². The first-order valence-electron chi connectivity index (χ1n) is 11.1. The van der Waals surface area contributed by atoms with E-state index in [0.717, 1.165) is 36.2 Å². The van der Waals surface area contributed by atoms with Crippen LogP contribution in [0, 0.1) is 5.82 Å². The Bertz CT molecular complexity index is 1120. The van der Waals surface area contributed by atoms with Gasteiger partial charge in [-0.15, -0.1) is 0 Å². The average molecular weight is 456 g/mol. The van der Waals surface area contributed by atoms with Crippen LogP contribution < -0.4 is 24.4 Å². The van der Waals surface area contributed by atoms with E-state index in [1.165, 1.54) is 6.07 Å². The zero-order valence-corrected chi connectivity index (χ0v) is 19.2. The van der Waals surface area contributed by atoms with E-state index in [1.807, 2.05) is 18.2 Å². The number of pyridine rings is 1. The molecule has 2 aromatic carbocycles. The van der Waals surface area contributed by atoms with Gasteiger partial charge >= 0.3 is 0 Å². The number of rotatable bonds is 8. The Kier molecular flexibility index (Phi) is 7.15. The molecule has 1 saturated heterocycles. The molecule has 0 amide bonds. The van der Waals surface area contributed by atoms with Gasteiger partial charge < -0.3 is 29.5 Å². The molecule has 0 aliphatic carbocycles. The molecule has 1 unspecified atom stereocenters. The summed E-state index contributed by atoms with van der Waals surface area (Å²) in [6.45, 7) is 2.18. The van der Waals surface area contributed by atoms with Crippen LogP contribution in [0.25, 0.3) is 10.9 Å². The molecule has 0 bridgehead atoms. The van der Waals surface area contributed by atoms with E-state index in [1.54, 1.807) is 33.5 Å². The van der Waals surface area contributed by atoms with E-state index in [0.29, 0.717) is 48.0 Å². The van der Waals surface area contributed by atoms with Crippen LogP contribution in [0.4, 0.5) is 10.2 Å². The Morgan fingerprint density at radius 3 is 2.52 bits per heavy atom. The number of hydrogen-bond donors (Lipinski definition) is 2. The summed E-state index contributed by atoms with van der Waals surface area (Å²) in [5.41, 5.74) is 2.24. The summed E-state index contributed by atoms with van der Waals surface area (Å²) >= 11 is 0. The molecule has 0 radical (unpaired) electrons. The van der Waals surface area contributed by atoms with Crippen LogP contribution in [0.5, 0.6) is 17.2 Å². The monoisotopic (exact) mass is 455 g/mol. The molecule has 2 heterocycles. The molecule has 0 spiro atoms. The topological polar surface area (TPSA) is 76.1 Å². The third-order valence-corrected chi connectivity index (χ3v) is 5.96. The third kappa shape index (κ3) is 4.82. The molecular weight excluding hydrogens is 425 g/mol. The fraction of sp³-hybridized carbons (Fsp3) is 0.400. The maximum absolute atomic E-state index is 14.1. The molecule has 4 rings (SSSR count). The van der Waals surface area contributed by atoms with Gasteiger partial charge in [-0.3, -0.25) is 0 Å². The number of benzene rings is 2. The van der Waals surface area contributed by atoms with Gasteiger partial charge in [0, 0.05) is 48.8 Å². The number of methoxy groups -OCH3 is 3. The second-order valence-electron chi connectivity index (χ2n) is 8.12. The lowest BCUT2D eigenvalue weighted by atomic mass is 10.1. The zero-order valence-electron chi connectivity index (χ0n) is 19.2. The molecule has 0 saturated carbocycles. The standard InChI is InChI=1S/C25H30FN3O4/c1-31-22-12-21-19(23(32-2)24(22)33-3)11-17(14-27-13-16-7-4-5-9-20(16)26)25(28-21)29-10-6-8-18(30)15-29/h4-5,7,9,11-12,18,27,30H,6,8,10,13-15H2,1-3H3. The number of piperidine rings is 1. The van der Waals surface area contributed by atoms with Crippen LogP contribution in [0.3, 0.4) is 0 Å². The molecule has 176 valence electrons. The number of aromatic nitrogens is 1. The normalized spacial score (nSPS) is 16.2. The minimum atomic E-state index is -0.393. The molecule has 1 aliphatic rings. The second-order valence-corrected chi connectivity index (χ2v) is 8.12. The van der Waals surface area contributed by atoms with Crippen LogP contribution in [-0.4, -0.2) is 50.6 Å². The predicted molar refractivity (Wildman–Crippen MR) is 126 cm³/mol. The molecule has 1 atom stereocenters. The maximum Gasteiger partial charge on any atom is 0.204 e. The number of hydrogen-bond acceptors (Lipinski definition) is 7. The van der Waals surface area contributed by atoms with Crippen molar-refractivity contribution in [3.63, 3.8) is 0 Å². The Morgan fingerprint density at radius 1 is 1.06 bits per heavy atom. The van der Waals surface area contributed by atoms with Crippen LogP contribution >= 0.6 is 0 Å². The number of fused-ring (bicyclic) bond motifs is 1. The smallest absolute Gasteiger partial charge is 0.204 e. The molecule has 1 aromatic heterocycles. The fourth-order valence-corrected chi connectivity index (χ4v) is 4.35. The van der Waals surface area contributed by atoms with Gasteiger partial charge in [0.05, 0.1) is 33.0 Å². The van der Waals surface area contributed by atoms with E-state index in [2.05, 4.69) is 10.2 Å². The summed E-state index contributed by atoms with van der Waals surface area (Å²) < 4.78 is 30.8. The third-order valence-electron chi connectivity index (χ3n) is 5.96. The Morgan fingerprint density at radius 2 is 1.82 bits per heavy atom. The van der Waals surface area contributed by atoms with Crippen LogP contribution in [0.1, 0.15) is 24.0 Å². The molecular formula is C25H30FN3O4. The highest BCUT2D eigenvalue weighted by Gasteiger charge is 2.24. The first-order valence-corrected chi connectivity index (χ1v) is 11.1. The van der Waals surface area contributed by atoms with Crippen molar-refractivity contribution in [3.05, 3.63) is 53.3 Å². The number of β-amino-alcohol motifs (C(OH)–C–C–N with tert-alkyl or cyclic N) is 1. The minimum Gasteiger partial charge on any atom is -0.493 e. The summed E-state index contributed by atoms with van der Waals surface area (Å²) in [6, 6.07) is 10.6. The Balaban J connectivity index is 1.75. The van der Waals surface area contributed by atoms with E-state index in [-0.39, 0.29) is 5.82 Å². The Hall–Kier alpha value is -3.10. The summed E-state index contributed by atoms with van der Waals surface area (Å²) in [6.07, 6.45) is 1.28. The van der Waals surface area contributed by atoms with E-state index in [9.17, 15) is 9.50 Å². The van der Waals surface area contributed by atoms with Gasteiger partial charge in [0.25, 0.3) is 0 Å². The van der Waals surface area contributed by atoms with Crippen molar-refractivity contribution in [1.29, 1.82) is 0 Å². The maximum atomic E-state index is 14.1. The highest BCUT2D eigenvalue weighted by molar-refractivity contribution is 5.92. The number of ether oxygens (including phenoxy) is 3. The number of aliphatic hydroxyl groups excluding tert-OH is 1. The number of anilines is 1. The number of nitrogens with zero attached hydrogens (tertiary/aromatic N) is 2. The van der Waals surface area contributed by atoms with Crippen molar-refractivity contribution < 1.29 is 23.7 Å². The lowest BCUT2D eigenvalue weighted by molar-refractivity contribution is 0.154. The highest BCUT2D eigenvalue weighted by atomic mass is 19.1. The second kappa shape index (κ2) is 10.2. The molecule has 7 nitrogen and oxygen atoms in total. The molecule has 33 heavy (non-hydrogen) atoms. The zero-order chi connectivity index (χ0) is 23.4. The van der Waals surface area contributed by atoms with Crippen molar-refractivity contribution >= 4 is 16.7 Å². The van der Waals surface area contributed by atoms with Gasteiger partial charge in [0.15, 0.2) is 11.5 Å². The SMILES string of the molecule is COc1cc2nc(N3CCCC(O)C3)c(CNCc3ccccc3F)cc2c(OC)c1OC. The highest BCUT2D eigenvalue weighted by Crippen LogP contribution is 2.44.